The van der Waals surface area contributed by atoms with Gasteiger partial charge in [0, 0.05) is 41.0 Å². The summed E-state index contributed by atoms with van der Waals surface area (Å²) in [5, 5.41) is 5.96. The van der Waals surface area contributed by atoms with Crippen LogP contribution in [-0.2, 0) is 4.79 Å². The molecule has 0 aliphatic heterocycles. The Morgan fingerprint density at radius 2 is 1.75 bits per heavy atom. The highest BCUT2D eigenvalue weighted by molar-refractivity contribution is 7.13. The van der Waals surface area contributed by atoms with E-state index in [1.54, 1.807) is 23.7 Å². The van der Waals surface area contributed by atoms with Crippen molar-refractivity contribution in [3.63, 3.8) is 0 Å². The van der Waals surface area contributed by atoms with E-state index in [2.05, 4.69) is 10.3 Å². The zero-order valence-electron chi connectivity index (χ0n) is 18.2. The largest absolute Gasteiger partial charge is 0.493 e. The second-order valence-corrected chi connectivity index (χ2v) is 8.43. The predicted molar refractivity (Wildman–Crippen MR) is 130 cm³/mol. The Bertz CT molecular complexity index is 1180. The third-order valence-electron chi connectivity index (χ3n) is 5.08. The second-order valence-electron chi connectivity index (χ2n) is 7.58. The molecular weight excluding hydrogens is 418 g/mol. The van der Waals surface area contributed by atoms with Gasteiger partial charge in [0.05, 0.1) is 12.3 Å². The summed E-state index contributed by atoms with van der Waals surface area (Å²) in [5.41, 5.74) is 5.89. The third kappa shape index (κ3) is 5.39. The van der Waals surface area contributed by atoms with Crippen molar-refractivity contribution in [2.75, 3.05) is 11.9 Å². The molecule has 162 valence electrons. The molecule has 2 aromatic carbocycles. The van der Waals surface area contributed by atoms with Gasteiger partial charge in [0.1, 0.15) is 10.8 Å². The molecule has 2 aromatic heterocycles. The maximum atomic E-state index is 12.4. The van der Waals surface area contributed by atoms with Gasteiger partial charge in [-0.3, -0.25) is 9.78 Å². The number of benzene rings is 2. The number of amides is 1. The smallest absolute Gasteiger partial charge is 0.224 e. The van der Waals surface area contributed by atoms with Gasteiger partial charge in [-0.2, -0.15) is 0 Å². The average molecular weight is 444 g/mol. The van der Waals surface area contributed by atoms with Crippen LogP contribution in [0.15, 0.2) is 72.4 Å². The van der Waals surface area contributed by atoms with E-state index in [-0.39, 0.29) is 5.91 Å². The van der Waals surface area contributed by atoms with Crippen LogP contribution in [-0.4, -0.2) is 22.5 Å². The van der Waals surface area contributed by atoms with E-state index in [1.807, 2.05) is 73.8 Å². The van der Waals surface area contributed by atoms with Gasteiger partial charge in [-0.25, -0.2) is 4.98 Å². The Morgan fingerprint density at radius 1 is 1.00 bits per heavy atom. The third-order valence-corrected chi connectivity index (χ3v) is 5.97. The Hall–Kier alpha value is -3.51. The van der Waals surface area contributed by atoms with E-state index >= 15 is 0 Å². The van der Waals surface area contributed by atoms with Gasteiger partial charge >= 0.3 is 0 Å². The van der Waals surface area contributed by atoms with Gasteiger partial charge in [-0.15, -0.1) is 11.3 Å². The van der Waals surface area contributed by atoms with Gasteiger partial charge in [-0.1, -0.05) is 30.3 Å². The molecule has 1 amide bonds. The SMILES string of the molecule is Cc1cccc(C)c1OCCCC(=O)Nc1cccc(-c2csc(-c3ccncc3)n2)c1. The molecule has 0 radical (unpaired) electrons. The number of nitrogens with zero attached hydrogens (tertiary/aromatic N) is 2. The number of aryl methyl sites for hydroxylation is 2. The molecule has 0 bridgehead atoms. The van der Waals surface area contributed by atoms with Gasteiger partial charge in [0.25, 0.3) is 0 Å². The van der Waals surface area contributed by atoms with Crippen LogP contribution < -0.4 is 10.1 Å². The van der Waals surface area contributed by atoms with Crippen molar-refractivity contribution < 1.29 is 9.53 Å². The van der Waals surface area contributed by atoms with E-state index in [1.165, 1.54) is 0 Å². The van der Waals surface area contributed by atoms with E-state index in [4.69, 9.17) is 9.72 Å². The Balaban J connectivity index is 1.32. The monoisotopic (exact) mass is 443 g/mol. The maximum Gasteiger partial charge on any atom is 0.224 e. The summed E-state index contributed by atoms with van der Waals surface area (Å²) in [5.74, 6) is 0.887. The van der Waals surface area contributed by atoms with Crippen molar-refractivity contribution >= 4 is 22.9 Å². The van der Waals surface area contributed by atoms with Crippen molar-refractivity contribution in [2.24, 2.45) is 0 Å². The van der Waals surface area contributed by atoms with E-state index in [0.29, 0.717) is 19.4 Å². The lowest BCUT2D eigenvalue weighted by Crippen LogP contribution is -2.13. The maximum absolute atomic E-state index is 12.4. The van der Waals surface area contributed by atoms with E-state index in [9.17, 15) is 4.79 Å². The summed E-state index contributed by atoms with van der Waals surface area (Å²) in [7, 11) is 0. The summed E-state index contributed by atoms with van der Waals surface area (Å²) in [4.78, 5) is 21.2. The van der Waals surface area contributed by atoms with Crippen LogP contribution in [0.5, 0.6) is 5.75 Å². The van der Waals surface area contributed by atoms with Crippen molar-refractivity contribution in [2.45, 2.75) is 26.7 Å². The van der Waals surface area contributed by atoms with Crippen molar-refractivity contribution in [3.05, 3.63) is 83.5 Å². The number of hydrogen-bond acceptors (Lipinski definition) is 5. The number of thiazole rings is 1. The molecule has 0 unspecified atom stereocenters. The molecule has 4 rings (SSSR count). The number of pyridine rings is 1. The Labute approximate surface area is 192 Å². The highest BCUT2D eigenvalue weighted by Gasteiger charge is 2.09. The Kier molecular flexibility index (Phi) is 6.92. The summed E-state index contributed by atoms with van der Waals surface area (Å²) >= 11 is 1.59. The summed E-state index contributed by atoms with van der Waals surface area (Å²) in [6.07, 6.45) is 4.58. The molecule has 0 atom stereocenters. The number of hydrogen-bond donors (Lipinski definition) is 1. The fraction of sp³-hybridized carbons (Fsp3) is 0.192. The topological polar surface area (TPSA) is 64.1 Å². The average Bonchev–Trinajstić information content (AvgIpc) is 3.29. The molecule has 0 aliphatic rings. The first-order valence-corrected chi connectivity index (χ1v) is 11.4. The van der Waals surface area contributed by atoms with Crippen LogP contribution >= 0.6 is 11.3 Å². The molecule has 5 nitrogen and oxygen atoms in total. The molecule has 0 saturated heterocycles. The number of ether oxygens (including phenoxy) is 1. The van der Waals surface area contributed by atoms with Crippen molar-refractivity contribution in [1.29, 1.82) is 0 Å². The van der Waals surface area contributed by atoms with Gasteiger partial charge in [-0.05, 0) is 55.7 Å². The quantitative estimate of drug-likeness (QED) is 0.325. The normalized spacial score (nSPS) is 10.7. The number of carbonyl (C=O) groups excluding carboxylic acids is 1. The Morgan fingerprint density at radius 3 is 2.53 bits per heavy atom. The number of para-hydroxylation sites is 1. The molecule has 2 heterocycles. The number of rotatable bonds is 8. The van der Waals surface area contributed by atoms with Gasteiger partial charge in [0.2, 0.25) is 5.91 Å². The first kappa shape index (κ1) is 21.7. The lowest BCUT2D eigenvalue weighted by atomic mass is 10.1. The molecule has 0 spiro atoms. The molecule has 6 heteroatoms. The zero-order chi connectivity index (χ0) is 22.3. The minimum absolute atomic E-state index is 0.0250. The lowest BCUT2D eigenvalue weighted by molar-refractivity contribution is -0.116. The van der Waals surface area contributed by atoms with Crippen LogP contribution in [0.2, 0.25) is 0 Å². The number of carbonyl (C=O) groups is 1. The van der Waals surface area contributed by atoms with Crippen molar-refractivity contribution in [1.82, 2.24) is 9.97 Å². The highest BCUT2D eigenvalue weighted by atomic mass is 32.1. The fourth-order valence-electron chi connectivity index (χ4n) is 3.45. The minimum atomic E-state index is -0.0250. The molecule has 0 aliphatic carbocycles. The predicted octanol–water partition coefficient (Wildman–Crippen LogP) is 6.29. The summed E-state index contributed by atoms with van der Waals surface area (Å²) in [6.45, 7) is 4.57. The zero-order valence-corrected chi connectivity index (χ0v) is 19.0. The summed E-state index contributed by atoms with van der Waals surface area (Å²) in [6, 6.07) is 17.8. The van der Waals surface area contributed by atoms with Crippen LogP contribution in [0.25, 0.3) is 21.8 Å². The number of anilines is 1. The fourth-order valence-corrected chi connectivity index (χ4v) is 4.28. The lowest BCUT2D eigenvalue weighted by Gasteiger charge is -2.12. The standard InChI is InChI=1S/C26H25N3O2S/c1-18-6-3-7-19(2)25(18)31-15-5-10-24(30)28-22-9-4-8-21(16-22)23-17-32-26(29-23)20-11-13-27-14-12-20/h3-4,6-9,11-14,16-17H,5,10,15H2,1-2H3,(H,28,30). The molecular formula is C26H25N3O2S. The first-order chi connectivity index (χ1) is 15.6. The van der Waals surface area contributed by atoms with Crippen LogP contribution in [0, 0.1) is 13.8 Å². The number of nitrogens with one attached hydrogen (secondary N) is 1. The molecule has 0 fully saturated rings. The highest BCUT2D eigenvalue weighted by Crippen LogP contribution is 2.29. The first-order valence-electron chi connectivity index (χ1n) is 10.6. The van der Waals surface area contributed by atoms with Gasteiger partial charge in [0.15, 0.2) is 0 Å². The minimum Gasteiger partial charge on any atom is -0.493 e. The van der Waals surface area contributed by atoms with Crippen LogP contribution in [0.3, 0.4) is 0 Å². The molecule has 32 heavy (non-hydrogen) atoms. The molecule has 1 N–H and O–H groups in total. The van der Waals surface area contributed by atoms with Crippen LogP contribution in [0.1, 0.15) is 24.0 Å². The van der Waals surface area contributed by atoms with Crippen molar-refractivity contribution in [3.8, 4) is 27.6 Å². The summed E-state index contributed by atoms with van der Waals surface area (Å²) < 4.78 is 5.89. The van der Waals surface area contributed by atoms with Crippen LogP contribution in [0.4, 0.5) is 5.69 Å². The second kappa shape index (κ2) is 10.2. The van der Waals surface area contributed by atoms with E-state index in [0.717, 1.165) is 44.4 Å². The molecule has 4 aromatic rings. The van der Waals surface area contributed by atoms with Gasteiger partial charge < -0.3 is 10.1 Å². The number of aromatic nitrogens is 2. The molecule has 0 saturated carbocycles. The van der Waals surface area contributed by atoms with E-state index < -0.39 is 0 Å².